The van der Waals surface area contributed by atoms with Crippen LogP contribution in [0, 0.1) is 13.8 Å². The van der Waals surface area contributed by atoms with Crippen molar-refractivity contribution in [2.75, 3.05) is 5.73 Å². The third kappa shape index (κ3) is 2.29. The summed E-state index contributed by atoms with van der Waals surface area (Å²) in [6.07, 6.45) is 5.33. The molecule has 0 amide bonds. The fraction of sp³-hybridized carbons (Fsp3) is 0.267. The molecule has 1 atom stereocenters. The van der Waals surface area contributed by atoms with E-state index in [0.717, 1.165) is 28.3 Å². The number of pyridine rings is 1. The molecule has 0 aromatic carbocycles. The molecule has 0 aliphatic heterocycles. The summed E-state index contributed by atoms with van der Waals surface area (Å²) in [5.74, 6) is 1.32. The second-order valence-electron chi connectivity index (χ2n) is 5.07. The number of hydrogen-bond donors (Lipinski definition) is 1. The molecule has 3 aromatic rings. The molecule has 0 saturated heterocycles. The fourth-order valence-electron chi connectivity index (χ4n) is 2.67. The van der Waals surface area contributed by atoms with E-state index in [2.05, 4.69) is 26.6 Å². The van der Waals surface area contributed by atoms with Crippen molar-refractivity contribution in [1.29, 1.82) is 0 Å². The van der Waals surface area contributed by atoms with Crippen LogP contribution in [0.15, 0.2) is 35.4 Å². The molecular weight excluding hydrogens is 266 g/mol. The molecule has 6 heteroatoms. The molecule has 1 unspecified atom stereocenters. The summed E-state index contributed by atoms with van der Waals surface area (Å²) < 4.78 is 7.35. The van der Waals surface area contributed by atoms with Crippen molar-refractivity contribution in [1.82, 2.24) is 19.7 Å². The largest absolute Gasteiger partial charge is 0.384 e. The van der Waals surface area contributed by atoms with Gasteiger partial charge in [-0.2, -0.15) is 0 Å². The van der Waals surface area contributed by atoms with Gasteiger partial charge in [0.25, 0.3) is 0 Å². The summed E-state index contributed by atoms with van der Waals surface area (Å²) in [5.41, 5.74) is 9.71. The Morgan fingerprint density at radius 3 is 2.81 bits per heavy atom. The monoisotopic (exact) mass is 283 g/mol. The van der Waals surface area contributed by atoms with E-state index < -0.39 is 0 Å². The lowest BCUT2D eigenvalue weighted by atomic mass is 10.1. The Labute approximate surface area is 122 Å². The average molecular weight is 283 g/mol. The van der Waals surface area contributed by atoms with Gasteiger partial charge in [0.2, 0.25) is 0 Å². The van der Waals surface area contributed by atoms with Gasteiger partial charge in [0.05, 0.1) is 30.0 Å². The zero-order valence-corrected chi connectivity index (χ0v) is 12.2. The Bertz CT molecular complexity index is 754. The van der Waals surface area contributed by atoms with Crippen molar-refractivity contribution < 1.29 is 4.52 Å². The van der Waals surface area contributed by atoms with Gasteiger partial charge in [0.15, 0.2) is 0 Å². The first-order chi connectivity index (χ1) is 10.1. The Kier molecular flexibility index (Phi) is 3.21. The van der Waals surface area contributed by atoms with Gasteiger partial charge in [-0.1, -0.05) is 5.16 Å². The van der Waals surface area contributed by atoms with Gasteiger partial charge in [0, 0.05) is 17.3 Å². The molecule has 6 nitrogen and oxygen atoms in total. The van der Waals surface area contributed by atoms with E-state index in [4.69, 9.17) is 10.3 Å². The molecular formula is C15H17N5O. The van der Waals surface area contributed by atoms with Gasteiger partial charge in [-0.25, -0.2) is 9.97 Å². The second-order valence-corrected chi connectivity index (χ2v) is 5.07. The molecule has 3 aromatic heterocycles. The molecule has 0 aliphatic carbocycles. The predicted octanol–water partition coefficient (Wildman–Crippen LogP) is 2.74. The quantitative estimate of drug-likeness (QED) is 0.799. The summed E-state index contributed by atoms with van der Waals surface area (Å²) in [4.78, 5) is 8.29. The molecule has 21 heavy (non-hydrogen) atoms. The summed E-state index contributed by atoms with van der Waals surface area (Å²) in [5, 5.41) is 4.02. The van der Waals surface area contributed by atoms with Crippen LogP contribution in [0.2, 0.25) is 0 Å². The van der Waals surface area contributed by atoms with Gasteiger partial charge in [-0.05, 0) is 32.9 Å². The molecule has 3 rings (SSSR count). The van der Waals surface area contributed by atoms with E-state index in [9.17, 15) is 0 Å². The number of anilines is 1. The van der Waals surface area contributed by atoms with Crippen molar-refractivity contribution in [3.63, 3.8) is 0 Å². The Hall–Kier alpha value is -2.63. The van der Waals surface area contributed by atoms with Crippen molar-refractivity contribution in [2.45, 2.75) is 26.8 Å². The van der Waals surface area contributed by atoms with Crippen LogP contribution in [-0.4, -0.2) is 19.7 Å². The average Bonchev–Trinajstić information content (AvgIpc) is 3.05. The summed E-state index contributed by atoms with van der Waals surface area (Å²) >= 11 is 0. The molecule has 0 saturated carbocycles. The van der Waals surface area contributed by atoms with Crippen molar-refractivity contribution >= 4 is 5.82 Å². The minimum atomic E-state index is 0.0724. The van der Waals surface area contributed by atoms with Crippen molar-refractivity contribution in [3.05, 3.63) is 47.9 Å². The SMILES string of the molecule is Cc1noc(C)c1C(C)n1cncc1-c1ccnc(N)c1. The zero-order valence-electron chi connectivity index (χ0n) is 12.2. The van der Waals surface area contributed by atoms with Gasteiger partial charge < -0.3 is 14.8 Å². The first-order valence-corrected chi connectivity index (χ1v) is 6.74. The van der Waals surface area contributed by atoms with E-state index in [1.54, 1.807) is 6.20 Å². The number of nitrogens with two attached hydrogens (primary N) is 1. The van der Waals surface area contributed by atoms with Crippen molar-refractivity contribution in [3.8, 4) is 11.3 Å². The maximum atomic E-state index is 5.77. The van der Waals surface area contributed by atoms with E-state index in [1.165, 1.54) is 0 Å². The van der Waals surface area contributed by atoms with Gasteiger partial charge in [-0.15, -0.1) is 0 Å². The number of nitrogen functional groups attached to an aromatic ring is 1. The molecule has 0 spiro atoms. The van der Waals surface area contributed by atoms with E-state index in [-0.39, 0.29) is 6.04 Å². The molecule has 0 fully saturated rings. The standard InChI is InChI=1S/C15H17N5O/c1-9-15(11(3)21-19-9)10(2)20-8-17-7-13(20)12-4-5-18-14(16)6-12/h4-8,10H,1-3H3,(H2,16,18). The van der Waals surface area contributed by atoms with Crippen LogP contribution >= 0.6 is 0 Å². The number of imidazole rings is 1. The number of nitrogens with zero attached hydrogens (tertiary/aromatic N) is 4. The van der Waals surface area contributed by atoms with Crippen molar-refractivity contribution in [2.24, 2.45) is 0 Å². The lowest BCUT2D eigenvalue weighted by molar-refractivity contribution is 0.391. The minimum absolute atomic E-state index is 0.0724. The third-order valence-corrected chi connectivity index (χ3v) is 3.67. The van der Waals surface area contributed by atoms with Crippen LogP contribution in [-0.2, 0) is 0 Å². The van der Waals surface area contributed by atoms with Gasteiger partial charge in [-0.3, -0.25) is 0 Å². The molecule has 2 N–H and O–H groups in total. The maximum absolute atomic E-state index is 5.77. The highest BCUT2D eigenvalue weighted by atomic mass is 16.5. The molecule has 0 radical (unpaired) electrons. The Morgan fingerprint density at radius 2 is 2.14 bits per heavy atom. The van der Waals surface area contributed by atoms with Crippen LogP contribution in [0.4, 0.5) is 5.82 Å². The van der Waals surface area contributed by atoms with Gasteiger partial charge >= 0.3 is 0 Å². The van der Waals surface area contributed by atoms with Gasteiger partial charge in [0.1, 0.15) is 11.6 Å². The number of hydrogen-bond acceptors (Lipinski definition) is 5. The second kappa shape index (κ2) is 5.05. The smallest absolute Gasteiger partial charge is 0.139 e. The predicted molar refractivity (Wildman–Crippen MR) is 79.7 cm³/mol. The van der Waals surface area contributed by atoms with Crippen LogP contribution in [0.25, 0.3) is 11.3 Å². The van der Waals surface area contributed by atoms with Crippen LogP contribution < -0.4 is 5.73 Å². The molecule has 108 valence electrons. The lowest BCUT2D eigenvalue weighted by Crippen LogP contribution is -2.09. The topological polar surface area (TPSA) is 82.8 Å². The maximum Gasteiger partial charge on any atom is 0.139 e. The zero-order chi connectivity index (χ0) is 15.0. The number of rotatable bonds is 3. The number of aryl methyl sites for hydroxylation is 2. The summed E-state index contributed by atoms with van der Waals surface area (Å²) in [6.45, 7) is 5.97. The minimum Gasteiger partial charge on any atom is -0.384 e. The van der Waals surface area contributed by atoms with Crippen LogP contribution in [0.5, 0.6) is 0 Å². The third-order valence-electron chi connectivity index (χ3n) is 3.67. The number of aromatic nitrogens is 4. The van der Waals surface area contributed by atoms with E-state index in [1.807, 2.05) is 38.5 Å². The van der Waals surface area contributed by atoms with E-state index >= 15 is 0 Å². The first-order valence-electron chi connectivity index (χ1n) is 6.74. The normalized spacial score (nSPS) is 12.5. The highest BCUT2D eigenvalue weighted by Crippen LogP contribution is 2.29. The Balaban J connectivity index is 2.07. The van der Waals surface area contributed by atoms with E-state index in [0.29, 0.717) is 5.82 Å². The Morgan fingerprint density at radius 1 is 1.33 bits per heavy atom. The molecule has 0 bridgehead atoms. The molecule has 0 aliphatic rings. The summed E-state index contributed by atoms with van der Waals surface area (Å²) in [7, 11) is 0. The highest BCUT2D eigenvalue weighted by Gasteiger charge is 2.20. The highest BCUT2D eigenvalue weighted by molar-refractivity contribution is 5.62. The van der Waals surface area contributed by atoms with Crippen LogP contribution in [0.3, 0.4) is 0 Å². The summed E-state index contributed by atoms with van der Waals surface area (Å²) in [6, 6.07) is 3.83. The first kappa shape index (κ1) is 13.4. The molecule has 3 heterocycles. The van der Waals surface area contributed by atoms with Crippen LogP contribution in [0.1, 0.15) is 30.0 Å². The fourth-order valence-corrected chi connectivity index (χ4v) is 2.67. The lowest BCUT2D eigenvalue weighted by Gasteiger charge is -2.16.